The number of amides is 1. The van der Waals surface area contributed by atoms with Gasteiger partial charge in [0.2, 0.25) is 5.91 Å². The normalized spacial score (nSPS) is 21.0. The van der Waals surface area contributed by atoms with Gasteiger partial charge in [-0.25, -0.2) is 0 Å². The van der Waals surface area contributed by atoms with E-state index in [-0.39, 0.29) is 17.7 Å². The Bertz CT molecular complexity index is 653. The SMILES string of the molecule is CCCCN1CC(c2ccc(Cl)cc2)C(c2ccccc2)C1=O. The Morgan fingerprint density at radius 3 is 2.39 bits per heavy atom. The van der Waals surface area contributed by atoms with Crippen molar-refractivity contribution >= 4 is 17.5 Å². The highest BCUT2D eigenvalue weighted by Crippen LogP contribution is 2.40. The zero-order valence-corrected chi connectivity index (χ0v) is 14.2. The minimum absolute atomic E-state index is 0.0887. The van der Waals surface area contributed by atoms with Crippen LogP contribution >= 0.6 is 11.6 Å². The standard InChI is InChI=1S/C20H22ClNO/c1-2-3-13-22-14-18(15-9-11-17(21)12-10-15)19(20(22)23)16-7-5-4-6-8-16/h4-12,18-19H,2-3,13-14H2,1H3. The first-order valence-corrected chi connectivity index (χ1v) is 8.67. The molecule has 2 atom stereocenters. The third-order valence-electron chi connectivity index (χ3n) is 4.64. The highest BCUT2D eigenvalue weighted by Gasteiger charge is 2.41. The lowest BCUT2D eigenvalue weighted by atomic mass is 9.84. The van der Waals surface area contributed by atoms with Crippen LogP contribution in [0.2, 0.25) is 5.02 Å². The molecule has 0 spiro atoms. The second kappa shape index (κ2) is 7.18. The van der Waals surface area contributed by atoms with Crippen molar-refractivity contribution < 1.29 is 4.79 Å². The van der Waals surface area contributed by atoms with Crippen LogP contribution in [0.25, 0.3) is 0 Å². The van der Waals surface area contributed by atoms with E-state index < -0.39 is 0 Å². The second-order valence-corrected chi connectivity index (χ2v) is 6.62. The molecule has 0 bridgehead atoms. The molecule has 0 aliphatic carbocycles. The van der Waals surface area contributed by atoms with Crippen molar-refractivity contribution in [1.29, 1.82) is 0 Å². The van der Waals surface area contributed by atoms with E-state index in [1.54, 1.807) is 0 Å². The summed E-state index contributed by atoms with van der Waals surface area (Å²) in [5, 5.41) is 0.733. The number of hydrogen-bond acceptors (Lipinski definition) is 1. The number of rotatable bonds is 5. The van der Waals surface area contributed by atoms with Crippen LogP contribution < -0.4 is 0 Å². The molecule has 1 aliphatic rings. The van der Waals surface area contributed by atoms with Crippen molar-refractivity contribution in [3.8, 4) is 0 Å². The van der Waals surface area contributed by atoms with Crippen molar-refractivity contribution in [1.82, 2.24) is 4.90 Å². The maximum absolute atomic E-state index is 13.0. The third-order valence-corrected chi connectivity index (χ3v) is 4.89. The van der Waals surface area contributed by atoms with Gasteiger partial charge < -0.3 is 4.90 Å². The first kappa shape index (κ1) is 16.1. The quantitative estimate of drug-likeness (QED) is 0.768. The molecule has 1 fully saturated rings. The van der Waals surface area contributed by atoms with Crippen LogP contribution in [0.3, 0.4) is 0 Å². The summed E-state index contributed by atoms with van der Waals surface area (Å²) in [6.07, 6.45) is 2.16. The van der Waals surface area contributed by atoms with Crippen LogP contribution in [0.5, 0.6) is 0 Å². The van der Waals surface area contributed by atoms with E-state index in [1.807, 2.05) is 35.2 Å². The molecule has 0 saturated carbocycles. The summed E-state index contributed by atoms with van der Waals surface area (Å²) in [5.41, 5.74) is 2.30. The average molecular weight is 328 g/mol. The molecule has 1 aliphatic heterocycles. The molecule has 3 heteroatoms. The Kier molecular flexibility index (Phi) is 5.02. The Hall–Kier alpha value is -1.80. The van der Waals surface area contributed by atoms with Crippen LogP contribution in [0, 0.1) is 0 Å². The van der Waals surface area contributed by atoms with Crippen LogP contribution in [-0.2, 0) is 4.79 Å². The summed E-state index contributed by atoms with van der Waals surface area (Å²) in [6, 6.07) is 18.1. The smallest absolute Gasteiger partial charge is 0.230 e. The Morgan fingerprint density at radius 1 is 1.04 bits per heavy atom. The number of carbonyl (C=O) groups is 1. The number of benzene rings is 2. The monoisotopic (exact) mass is 327 g/mol. The minimum Gasteiger partial charge on any atom is -0.342 e. The van der Waals surface area contributed by atoms with E-state index in [0.717, 1.165) is 36.5 Å². The molecule has 3 rings (SSSR count). The largest absolute Gasteiger partial charge is 0.342 e. The van der Waals surface area contributed by atoms with Crippen molar-refractivity contribution in [3.63, 3.8) is 0 Å². The van der Waals surface area contributed by atoms with Gasteiger partial charge in [-0.05, 0) is 29.7 Å². The van der Waals surface area contributed by atoms with Crippen LogP contribution in [-0.4, -0.2) is 23.9 Å². The van der Waals surface area contributed by atoms with Gasteiger partial charge in [0, 0.05) is 24.0 Å². The summed E-state index contributed by atoms with van der Waals surface area (Å²) in [7, 11) is 0. The molecular weight excluding hydrogens is 306 g/mol. The maximum atomic E-state index is 13.0. The number of halogens is 1. The fourth-order valence-electron chi connectivity index (χ4n) is 3.40. The van der Waals surface area contributed by atoms with Crippen LogP contribution in [0.4, 0.5) is 0 Å². The molecular formula is C20H22ClNO. The van der Waals surface area contributed by atoms with Crippen molar-refractivity contribution in [2.24, 2.45) is 0 Å². The molecule has 0 N–H and O–H groups in total. The average Bonchev–Trinajstić information content (AvgIpc) is 2.91. The van der Waals surface area contributed by atoms with E-state index in [9.17, 15) is 4.79 Å². The van der Waals surface area contributed by atoms with Crippen LogP contribution in [0.1, 0.15) is 42.7 Å². The first-order valence-electron chi connectivity index (χ1n) is 8.30. The fourth-order valence-corrected chi connectivity index (χ4v) is 3.52. The predicted molar refractivity (Wildman–Crippen MR) is 94.9 cm³/mol. The topological polar surface area (TPSA) is 20.3 Å². The number of carbonyl (C=O) groups excluding carboxylic acids is 1. The first-order chi connectivity index (χ1) is 11.2. The van der Waals surface area contributed by atoms with Gasteiger partial charge in [0.25, 0.3) is 0 Å². The molecule has 1 saturated heterocycles. The lowest BCUT2D eigenvalue weighted by molar-refractivity contribution is -0.129. The van der Waals surface area contributed by atoms with E-state index >= 15 is 0 Å². The van der Waals surface area contributed by atoms with Crippen LogP contribution in [0.15, 0.2) is 54.6 Å². The summed E-state index contributed by atoms with van der Waals surface area (Å²) in [6.45, 7) is 3.80. The minimum atomic E-state index is -0.0887. The molecule has 2 nitrogen and oxygen atoms in total. The number of unbranched alkanes of at least 4 members (excludes halogenated alkanes) is 1. The second-order valence-electron chi connectivity index (χ2n) is 6.18. The number of nitrogens with zero attached hydrogens (tertiary/aromatic N) is 1. The molecule has 2 aromatic carbocycles. The van der Waals surface area contributed by atoms with Crippen molar-refractivity contribution in [2.45, 2.75) is 31.6 Å². The van der Waals surface area contributed by atoms with Gasteiger partial charge in [-0.15, -0.1) is 0 Å². The van der Waals surface area contributed by atoms with Gasteiger partial charge in [-0.1, -0.05) is 67.4 Å². The molecule has 120 valence electrons. The van der Waals surface area contributed by atoms with E-state index in [0.29, 0.717) is 0 Å². The van der Waals surface area contributed by atoms with Gasteiger partial charge in [0.05, 0.1) is 5.92 Å². The summed E-state index contributed by atoms with van der Waals surface area (Å²) in [5.74, 6) is 0.359. The van der Waals surface area contributed by atoms with Gasteiger partial charge in [0.1, 0.15) is 0 Å². The Morgan fingerprint density at radius 2 is 1.74 bits per heavy atom. The van der Waals surface area contributed by atoms with E-state index in [4.69, 9.17) is 11.6 Å². The highest BCUT2D eigenvalue weighted by atomic mass is 35.5. The predicted octanol–water partition coefficient (Wildman–Crippen LogP) is 4.85. The summed E-state index contributed by atoms with van der Waals surface area (Å²) in [4.78, 5) is 15.0. The molecule has 0 radical (unpaired) electrons. The van der Waals surface area contributed by atoms with Gasteiger partial charge in [-0.2, -0.15) is 0 Å². The highest BCUT2D eigenvalue weighted by molar-refractivity contribution is 6.30. The molecule has 2 aromatic rings. The van der Waals surface area contributed by atoms with E-state index in [1.165, 1.54) is 5.56 Å². The van der Waals surface area contributed by atoms with Gasteiger partial charge in [-0.3, -0.25) is 4.79 Å². The summed E-state index contributed by atoms with van der Waals surface area (Å²) >= 11 is 6.02. The molecule has 0 aromatic heterocycles. The molecule has 1 heterocycles. The lowest BCUT2D eigenvalue weighted by Crippen LogP contribution is -2.27. The molecule has 2 unspecified atom stereocenters. The Balaban J connectivity index is 1.93. The van der Waals surface area contributed by atoms with Gasteiger partial charge in [0.15, 0.2) is 0 Å². The Labute approximate surface area is 143 Å². The number of likely N-dealkylation sites (tertiary alicyclic amines) is 1. The summed E-state index contributed by atoms with van der Waals surface area (Å²) < 4.78 is 0. The van der Waals surface area contributed by atoms with Crippen molar-refractivity contribution in [3.05, 3.63) is 70.7 Å². The molecule has 1 amide bonds. The lowest BCUT2D eigenvalue weighted by Gasteiger charge is -2.17. The van der Waals surface area contributed by atoms with E-state index in [2.05, 4.69) is 31.2 Å². The fraction of sp³-hybridized carbons (Fsp3) is 0.350. The van der Waals surface area contributed by atoms with Crippen molar-refractivity contribution in [2.75, 3.05) is 13.1 Å². The van der Waals surface area contributed by atoms with Gasteiger partial charge >= 0.3 is 0 Å². The zero-order valence-electron chi connectivity index (χ0n) is 13.4. The molecule has 23 heavy (non-hydrogen) atoms. The zero-order chi connectivity index (χ0) is 16.2. The maximum Gasteiger partial charge on any atom is 0.230 e. The third kappa shape index (κ3) is 3.42. The number of hydrogen-bond donors (Lipinski definition) is 0.